The summed E-state index contributed by atoms with van der Waals surface area (Å²) in [4.78, 5) is 0. The summed E-state index contributed by atoms with van der Waals surface area (Å²) in [7, 11) is 0. The van der Waals surface area contributed by atoms with Gasteiger partial charge in [0, 0.05) is 65.1 Å². The number of rotatable bonds is 0. The molecule has 0 heterocycles. The van der Waals surface area contributed by atoms with E-state index in [2.05, 4.69) is 0 Å². The predicted octanol–water partition coefficient (Wildman–Crippen LogP) is -1.21. The van der Waals surface area contributed by atoms with E-state index in [9.17, 15) is 0 Å². The fourth-order valence-electron chi connectivity index (χ4n) is 0. The van der Waals surface area contributed by atoms with Crippen molar-refractivity contribution in [2.45, 2.75) is 0 Å². The molecular weight excluding hydrogens is 248 g/mol. The first-order valence-electron chi connectivity index (χ1n) is 0. The van der Waals surface area contributed by atoms with E-state index in [-0.39, 0.29) is 70.6 Å². The Morgan fingerprint density at radius 1 is 1.00 bits per heavy atom. The van der Waals surface area contributed by atoms with E-state index in [1.807, 2.05) is 0 Å². The van der Waals surface area contributed by atoms with Gasteiger partial charge in [-0.1, -0.05) is 0 Å². The predicted molar refractivity (Wildman–Crippen MR) is 9.37 cm³/mol. The van der Waals surface area contributed by atoms with Crippen molar-refractivity contribution in [2.24, 2.45) is 0 Å². The van der Waals surface area contributed by atoms with Crippen LogP contribution in [-0.2, 0) is 41.2 Å². The Morgan fingerprint density at radius 2 is 1.00 bits per heavy atom. The molecule has 0 aromatic heterocycles. The maximum Gasteiger partial charge on any atom is 0 e. The summed E-state index contributed by atoms with van der Waals surface area (Å²) in [5.41, 5.74) is 0. The van der Waals surface area contributed by atoms with Gasteiger partial charge in [-0.05, 0) is 0 Å². The third-order valence-corrected chi connectivity index (χ3v) is 0. The van der Waals surface area contributed by atoms with Crippen LogP contribution in [0.2, 0.25) is 0 Å². The first-order chi connectivity index (χ1) is 0. The molecule has 2 N–H and O–H groups in total. The molecule has 0 atom stereocenters. The Bertz CT molecular complexity index is 8.00. The molecule has 0 aliphatic heterocycles. The van der Waals surface area contributed by atoms with E-state index in [0.29, 0.717) is 0 Å². The molecule has 0 aromatic carbocycles. The van der Waals surface area contributed by atoms with Gasteiger partial charge < -0.3 is 5.48 Å². The van der Waals surface area contributed by atoms with Crippen LogP contribution in [0.3, 0.4) is 0 Å². The second-order valence-electron chi connectivity index (χ2n) is 0. The van der Waals surface area contributed by atoms with E-state index in [4.69, 9.17) is 0 Å². The molecular formula is H2OSnTiZn. The van der Waals surface area contributed by atoms with Gasteiger partial charge in [0.1, 0.15) is 0 Å². The molecule has 0 unspecified atom stereocenters. The summed E-state index contributed by atoms with van der Waals surface area (Å²) < 4.78 is 0. The molecule has 0 spiro atoms. The largest absolute Gasteiger partial charge is 0.412 e. The SMILES string of the molecule is O.[Sn].[Ti].[Zn]. The summed E-state index contributed by atoms with van der Waals surface area (Å²) in [5.74, 6) is 0. The Labute approximate surface area is 69.8 Å². The molecule has 4 heavy (non-hydrogen) atoms. The van der Waals surface area contributed by atoms with Crippen molar-refractivity contribution in [1.82, 2.24) is 0 Å². The summed E-state index contributed by atoms with van der Waals surface area (Å²) in [6.45, 7) is 0. The van der Waals surface area contributed by atoms with Gasteiger partial charge in [-0.25, -0.2) is 0 Å². The smallest absolute Gasteiger partial charge is 0 e. The molecule has 0 saturated heterocycles. The van der Waals surface area contributed by atoms with Crippen LogP contribution >= 0.6 is 0 Å². The molecule has 0 fully saturated rings. The van der Waals surface area contributed by atoms with E-state index in [0.717, 1.165) is 0 Å². The summed E-state index contributed by atoms with van der Waals surface area (Å²) in [5, 5.41) is 0. The molecule has 0 rings (SSSR count). The minimum atomic E-state index is 0. The average Bonchev–Trinajstić information content (AvgIpc) is 0. The quantitative estimate of drug-likeness (QED) is 0.483. The van der Waals surface area contributed by atoms with Crippen molar-refractivity contribution in [3.63, 3.8) is 0 Å². The molecule has 0 aliphatic carbocycles. The fourth-order valence-corrected chi connectivity index (χ4v) is 0. The van der Waals surface area contributed by atoms with Crippen LogP contribution in [-0.4, -0.2) is 29.4 Å². The van der Waals surface area contributed by atoms with Gasteiger partial charge in [0.15, 0.2) is 0 Å². The minimum Gasteiger partial charge on any atom is -0.412 e. The molecule has 1 nitrogen and oxygen atoms in total. The first kappa shape index (κ1) is 36.0. The van der Waals surface area contributed by atoms with E-state index >= 15 is 0 Å². The Kier molecular flexibility index (Phi) is 175. The molecule has 0 bridgehead atoms. The van der Waals surface area contributed by atoms with Crippen molar-refractivity contribution >= 4 is 23.9 Å². The second kappa shape index (κ2) is 19.5. The Morgan fingerprint density at radius 3 is 1.00 bits per heavy atom. The zero-order valence-corrected chi connectivity index (χ0v) is 9.59. The number of hydrogen-bond donors (Lipinski definition) is 0. The molecule has 0 aliphatic rings. The zero-order chi connectivity index (χ0) is 0. The van der Waals surface area contributed by atoms with E-state index in [1.54, 1.807) is 0 Å². The van der Waals surface area contributed by atoms with Gasteiger partial charge in [0.2, 0.25) is 0 Å². The van der Waals surface area contributed by atoms with Crippen molar-refractivity contribution in [2.75, 3.05) is 0 Å². The van der Waals surface area contributed by atoms with Crippen LogP contribution in [0.25, 0.3) is 0 Å². The first-order valence-corrected chi connectivity index (χ1v) is 0. The van der Waals surface area contributed by atoms with Crippen LogP contribution < -0.4 is 0 Å². The van der Waals surface area contributed by atoms with Gasteiger partial charge in [-0.3, -0.25) is 0 Å². The molecule has 4 heteroatoms. The third kappa shape index (κ3) is 8.94. The van der Waals surface area contributed by atoms with Gasteiger partial charge in [0.05, 0.1) is 0 Å². The zero-order valence-electron chi connectivity index (χ0n) is 2.21. The standard InChI is InChI=1S/H2O.Sn.Ti.Zn/h1H2;;;. The summed E-state index contributed by atoms with van der Waals surface area (Å²) in [6, 6.07) is 0. The average molecular weight is 250 g/mol. The summed E-state index contributed by atoms with van der Waals surface area (Å²) >= 11 is 0. The van der Waals surface area contributed by atoms with Crippen LogP contribution in [0, 0.1) is 0 Å². The molecule has 18 valence electrons. The van der Waals surface area contributed by atoms with E-state index < -0.39 is 0 Å². The molecule has 0 aromatic rings. The van der Waals surface area contributed by atoms with Gasteiger partial charge in [-0.15, -0.1) is 0 Å². The topological polar surface area (TPSA) is 31.5 Å². The molecule has 0 saturated carbocycles. The van der Waals surface area contributed by atoms with Crippen molar-refractivity contribution in [3.8, 4) is 0 Å². The van der Waals surface area contributed by atoms with Crippen molar-refractivity contribution in [3.05, 3.63) is 0 Å². The van der Waals surface area contributed by atoms with Gasteiger partial charge in [-0.2, -0.15) is 0 Å². The normalized spacial score (nSPS) is 0. The van der Waals surface area contributed by atoms with Crippen molar-refractivity contribution in [1.29, 1.82) is 0 Å². The van der Waals surface area contributed by atoms with Crippen LogP contribution in [0.5, 0.6) is 0 Å². The fraction of sp³-hybridized carbons (Fsp3) is 0. The molecule has 4 radical (unpaired) electrons. The third-order valence-electron chi connectivity index (χ3n) is 0. The van der Waals surface area contributed by atoms with Crippen LogP contribution in [0.4, 0.5) is 0 Å². The van der Waals surface area contributed by atoms with Gasteiger partial charge in [0.25, 0.3) is 0 Å². The Balaban J connectivity index is 0. The van der Waals surface area contributed by atoms with Crippen LogP contribution in [0.1, 0.15) is 0 Å². The minimum absolute atomic E-state index is 0. The maximum atomic E-state index is 0. The molecule has 0 amide bonds. The van der Waals surface area contributed by atoms with Crippen molar-refractivity contribution < 1.29 is 46.7 Å². The Hall–Kier alpha value is 2.10. The van der Waals surface area contributed by atoms with Crippen LogP contribution in [0.15, 0.2) is 0 Å². The monoisotopic (exact) mass is 250 g/mol. The van der Waals surface area contributed by atoms with E-state index in [1.165, 1.54) is 0 Å². The second-order valence-corrected chi connectivity index (χ2v) is 0. The number of hydrogen-bond acceptors (Lipinski definition) is 0. The summed E-state index contributed by atoms with van der Waals surface area (Å²) in [6.07, 6.45) is 0. The van der Waals surface area contributed by atoms with Gasteiger partial charge >= 0.3 is 0 Å². The maximum absolute atomic E-state index is 0.